The molecule has 2 aromatic carbocycles. The first-order valence-electron chi connectivity index (χ1n) is 9.36. The van der Waals surface area contributed by atoms with Gasteiger partial charge in [0.2, 0.25) is 0 Å². The van der Waals surface area contributed by atoms with E-state index in [1.165, 1.54) is 0 Å². The van der Waals surface area contributed by atoms with Gasteiger partial charge in [-0.15, -0.1) is 0 Å². The van der Waals surface area contributed by atoms with E-state index in [-0.39, 0.29) is 0 Å². The van der Waals surface area contributed by atoms with Gasteiger partial charge in [0.25, 0.3) is 0 Å². The van der Waals surface area contributed by atoms with Gasteiger partial charge in [0.05, 0.1) is 5.56 Å². The lowest BCUT2D eigenvalue weighted by Gasteiger charge is -2.20. The Hall–Kier alpha value is -3.14. The van der Waals surface area contributed by atoms with E-state index in [9.17, 15) is 5.21 Å². The molecule has 4 heteroatoms. The van der Waals surface area contributed by atoms with Crippen LogP contribution in [0, 0.1) is 5.21 Å². The predicted molar refractivity (Wildman–Crippen MR) is 106 cm³/mol. The Balaban J connectivity index is 1.66. The summed E-state index contributed by atoms with van der Waals surface area (Å²) < 4.78 is 7.02. The van der Waals surface area contributed by atoms with E-state index in [2.05, 4.69) is 4.98 Å². The molecule has 27 heavy (non-hydrogen) atoms. The molecule has 0 saturated carbocycles. The van der Waals surface area contributed by atoms with Gasteiger partial charge in [0, 0.05) is 12.5 Å². The first-order chi connectivity index (χ1) is 13.3. The predicted octanol–water partition coefficient (Wildman–Crippen LogP) is 4.34. The Morgan fingerprint density at radius 3 is 2.41 bits per heavy atom. The minimum atomic E-state index is 0.377. The molecule has 1 heterocycles. The number of aromatic nitrogens is 2. The summed E-state index contributed by atoms with van der Waals surface area (Å²) in [7, 11) is 0. The second-order valence-corrected chi connectivity index (χ2v) is 6.72. The average Bonchev–Trinajstić information content (AvgIpc) is 2.74. The van der Waals surface area contributed by atoms with E-state index in [4.69, 9.17) is 4.74 Å². The zero-order chi connectivity index (χ0) is 18.5. The van der Waals surface area contributed by atoms with Crippen molar-refractivity contribution in [2.24, 2.45) is 0 Å². The Labute approximate surface area is 159 Å². The SMILES string of the molecule is [O-][n+]1c(/C=C/c2ccccc2)nc(OCc2ccccc2)c2c1CCCC2. The van der Waals surface area contributed by atoms with Crippen molar-refractivity contribution in [3.8, 4) is 5.88 Å². The third-order valence-electron chi connectivity index (χ3n) is 4.81. The summed E-state index contributed by atoms with van der Waals surface area (Å²) in [6, 6.07) is 19.9. The molecule has 0 N–H and O–H groups in total. The van der Waals surface area contributed by atoms with Crippen LogP contribution in [0.4, 0.5) is 0 Å². The molecule has 0 spiro atoms. The molecule has 0 saturated heterocycles. The van der Waals surface area contributed by atoms with Crippen molar-refractivity contribution in [1.29, 1.82) is 0 Å². The van der Waals surface area contributed by atoms with Gasteiger partial charge in [-0.05, 0) is 41.4 Å². The first-order valence-corrected chi connectivity index (χ1v) is 9.36. The number of rotatable bonds is 5. The summed E-state index contributed by atoms with van der Waals surface area (Å²) in [6.45, 7) is 0.449. The van der Waals surface area contributed by atoms with Crippen molar-refractivity contribution in [2.75, 3.05) is 0 Å². The van der Waals surface area contributed by atoms with Gasteiger partial charge in [0.1, 0.15) is 12.3 Å². The lowest BCUT2D eigenvalue weighted by molar-refractivity contribution is -0.620. The van der Waals surface area contributed by atoms with E-state index in [0.29, 0.717) is 18.3 Å². The molecule has 4 rings (SSSR count). The molecular weight excluding hydrogens is 336 g/mol. The minimum Gasteiger partial charge on any atom is -0.710 e. The van der Waals surface area contributed by atoms with Crippen molar-refractivity contribution in [2.45, 2.75) is 32.3 Å². The molecule has 0 fully saturated rings. The van der Waals surface area contributed by atoms with Crippen LogP contribution in [0.2, 0.25) is 0 Å². The molecule has 0 atom stereocenters. The van der Waals surface area contributed by atoms with Gasteiger partial charge in [-0.3, -0.25) is 0 Å². The van der Waals surface area contributed by atoms with Crippen LogP contribution < -0.4 is 9.47 Å². The van der Waals surface area contributed by atoms with Gasteiger partial charge >= 0.3 is 11.7 Å². The number of ether oxygens (including phenoxy) is 1. The fourth-order valence-corrected chi connectivity index (χ4v) is 3.38. The van der Waals surface area contributed by atoms with E-state index in [1.807, 2.05) is 66.7 Å². The molecule has 0 bridgehead atoms. The second kappa shape index (κ2) is 8.04. The van der Waals surface area contributed by atoms with E-state index in [0.717, 1.165) is 52.8 Å². The van der Waals surface area contributed by atoms with Crippen molar-refractivity contribution >= 4 is 12.2 Å². The lowest BCUT2D eigenvalue weighted by atomic mass is 9.96. The third kappa shape index (κ3) is 4.00. The molecule has 3 aromatic rings. The van der Waals surface area contributed by atoms with E-state index in [1.54, 1.807) is 6.08 Å². The zero-order valence-corrected chi connectivity index (χ0v) is 15.2. The van der Waals surface area contributed by atoms with Crippen LogP contribution in [-0.4, -0.2) is 4.98 Å². The quantitative estimate of drug-likeness (QED) is 0.503. The van der Waals surface area contributed by atoms with Crippen LogP contribution in [-0.2, 0) is 19.4 Å². The van der Waals surface area contributed by atoms with Gasteiger partial charge in [-0.25, -0.2) is 4.73 Å². The van der Waals surface area contributed by atoms with Crippen LogP contribution in [0.3, 0.4) is 0 Å². The fourth-order valence-electron chi connectivity index (χ4n) is 3.38. The number of benzene rings is 2. The number of hydrogen-bond acceptors (Lipinski definition) is 3. The lowest BCUT2D eigenvalue weighted by Crippen LogP contribution is -2.39. The molecule has 1 aliphatic rings. The molecule has 0 radical (unpaired) electrons. The Morgan fingerprint density at radius 1 is 0.926 bits per heavy atom. The molecule has 1 aromatic heterocycles. The number of fused-ring (bicyclic) bond motifs is 1. The molecule has 136 valence electrons. The maximum Gasteiger partial charge on any atom is 0.336 e. The molecule has 0 unspecified atom stereocenters. The minimum absolute atomic E-state index is 0.377. The van der Waals surface area contributed by atoms with Crippen LogP contribution in [0.25, 0.3) is 12.2 Å². The zero-order valence-electron chi connectivity index (χ0n) is 15.2. The van der Waals surface area contributed by atoms with Crippen LogP contribution in [0.5, 0.6) is 5.88 Å². The second-order valence-electron chi connectivity index (χ2n) is 6.72. The van der Waals surface area contributed by atoms with Gasteiger partial charge in [-0.2, -0.15) is 0 Å². The molecule has 1 aliphatic carbocycles. The Kier molecular flexibility index (Phi) is 5.15. The normalized spacial score (nSPS) is 13.5. The summed E-state index contributed by atoms with van der Waals surface area (Å²) in [5, 5.41) is 12.8. The summed E-state index contributed by atoms with van der Waals surface area (Å²) >= 11 is 0. The van der Waals surface area contributed by atoms with Gasteiger partial charge < -0.3 is 9.94 Å². The highest BCUT2D eigenvalue weighted by Crippen LogP contribution is 2.27. The summed E-state index contributed by atoms with van der Waals surface area (Å²) in [4.78, 5) is 4.56. The first kappa shape index (κ1) is 17.3. The van der Waals surface area contributed by atoms with Gasteiger partial charge in [-0.1, -0.05) is 60.7 Å². The molecule has 0 amide bonds. The van der Waals surface area contributed by atoms with Crippen molar-refractivity contribution in [3.05, 3.63) is 94.1 Å². The molecule has 4 nitrogen and oxygen atoms in total. The van der Waals surface area contributed by atoms with Crippen molar-refractivity contribution < 1.29 is 9.47 Å². The van der Waals surface area contributed by atoms with Crippen LogP contribution in [0.1, 0.15) is 41.1 Å². The molecular formula is C23H22N2O2. The number of hydrogen-bond donors (Lipinski definition) is 0. The maximum atomic E-state index is 12.8. The monoisotopic (exact) mass is 358 g/mol. The maximum absolute atomic E-state index is 12.8. The topological polar surface area (TPSA) is 49.1 Å². The van der Waals surface area contributed by atoms with Gasteiger partial charge in [0.15, 0.2) is 0 Å². The number of nitrogens with zero attached hydrogens (tertiary/aromatic N) is 2. The Bertz CT molecular complexity index is 938. The average molecular weight is 358 g/mol. The van der Waals surface area contributed by atoms with E-state index < -0.39 is 0 Å². The highest BCUT2D eigenvalue weighted by molar-refractivity contribution is 5.65. The Morgan fingerprint density at radius 2 is 1.63 bits per heavy atom. The smallest absolute Gasteiger partial charge is 0.336 e. The van der Waals surface area contributed by atoms with Crippen LogP contribution >= 0.6 is 0 Å². The largest absolute Gasteiger partial charge is 0.710 e. The van der Waals surface area contributed by atoms with E-state index >= 15 is 0 Å². The highest BCUT2D eigenvalue weighted by Gasteiger charge is 2.26. The van der Waals surface area contributed by atoms with Crippen molar-refractivity contribution in [1.82, 2.24) is 4.98 Å². The fraction of sp³-hybridized carbons (Fsp3) is 0.217. The third-order valence-corrected chi connectivity index (χ3v) is 4.81. The van der Waals surface area contributed by atoms with Crippen molar-refractivity contribution in [3.63, 3.8) is 0 Å². The highest BCUT2D eigenvalue weighted by atomic mass is 16.5. The standard InChI is InChI=1S/C23H22N2O2/c26-25-21-14-8-7-13-20(21)23(27-17-19-11-5-2-6-12-19)24-22(25)16-15-18-9-3-1-4-10-18/h1-6,9-12,15-16H,7-8,13-14,17H2/b16-15+. The molecule has 0 aliphatic heterocycles. The summed E-state index contributed by atoms with van der Waals surface area (Å²) in [5.41, 5.74) is 3.88. The summed E-state index contributed by atoms with van der Waals surface area (Å²) in [5.74, 6) is 0.968. The summed E-state index contributed by atoms with van der Waals surface area (Å²) in [6.07, 6.45) is 7.39. The van der Waals surface area contributed by atoms with Crippen LogP contribution in [0.15, 0.2) is 60.7 Å².